The van der Waals surface area contributed by atoms with Gasteiger partial charge in [-0.1, -0.05) is 6.07 Å². The number of piperazine rings is 1. The number of benzene rings is 1. The summed E-state index contributed by atoms with van der Waals surface area (Å²) in [6, 6.07) is 5.53. The van der Waals surface area contributed by atoms with Crippen LogP contribution in [0.2, 0.25) is 0 Å². The van der Waals surface area contributed by atoms with E-state index in [1.165, 1.54) is 20.3 Å². The van der Waals surface area contributed by atoms with Gasteiger partial charge in [-0.15, -0.1) is 0 Å². The largest absolute Gasteiger partial charge is 0.452 e. The maximum absolute atomic E-state index is 12.2. The van der Waals surface area contributed by atoms with Crippen molar-refractivity contribution >= 4 is 21.9 Å². The van der Waals surface area contributed by atoms with E-state index in [0.717, 1.165) is 25.5 Å². The first-order chi connectivity index (χ1) is 11.8. The molecule has 1 aromatic carbocycles. The van der Waals surface area contributed by atoms with Crippen LogP contribution in [0.4, 0.5) is 0 Å². The second kappa shape index (κ2) is 7.13. The van der Waals surface area contributed by atoms with Gasteiger partial charge in [0.1, 0.15) is 0 Å². The van der Waals surface area contributed by atoms with Gasteiger partial charge in [0.05, 0.1) is 11.8 Å². The third-order valence-electron chi connectivity index (χ3n) is 4.72. The molecule has 2 aliphatic rings. The summed E-state index contributed by atoms with van der Waals surface area (Å²) in [5.41, 5.74) is 2.92. The van der Waals surface area contributed by atoms with Crippen LogP contribution in [0.1, 0.15) is 27.9 Å². The maximum atomic E-state index is 12.2. The van der Waals surface area contributed by atoms with Crippen LogP contribution in [-0.4, -0.2) is 68.5 Å². The molecule has 3 rings (SSSR count). The molecule has 1 aliphatic heterocycles. The number of aryl methyl sites for hydroxylation is 2. The monoisotopic (exact) mass is 366 g/mol. The van der Waals surface area contributed by atoms with Gasteiger partial charge in [0, 0.05) is 26.2 Å². The number of esters is 1. The van der Waals surface area contributed by atoms with E-state index in [1.54, 1.807) is 6.07 Å². The molecule has 0 N–H and O–H groups in total. The molecular weight excluding hydrogens is 344 g/mol. The van der Waals surface area contributed by atoms with E-state index in [2.05, 4.69) is 0 Å². The van der Waals surface area contributed by atoms with E-state index in [-0.39, 0.29) is 25.6 Å². The standard InChI is InChI=1S/C17H22N2O5S/c1-25(22,23)19-9-7-18(8-10-19)16(20)12-24-17(21)15-6-5-13-3-2-4-14(13)11-15/h5-6,11H,2-4,7-10,12H2,1H3. The normalized spacial score (nSPS) is 18.0. The van der Waals surface area contributed by atoms with Crippen LogP contribution < -0.4 is 0 Å². The molecule has 1 fully saturated rings. The highest BCUT2D eigenvalue weighted by molar-refractivity contribution is 7.88. The Morgan fingerprint density at radius 1 is 1.08 bits per heavy atom. The number of hydrogen-bond acceptors (Lipinski definition) is 5. The zero-order valence-corrected chi connectivity index (χ0v) is 15.0. The van der Waals surface area contributed by atoms with Gasteiger partial charge in [0.25, 0.3) is 5.91 Å². The number of carbonyl (C=O) groups excluding carboxylic acids is 2. The highest BCUT2D eigenvalue weighted by Gasteiger charge is 2.26. The molecule has 7 nitrogen and oxygen atoms in total. The van der Waals surface area contributed by atoms with Gasteiger partial charge in [-0.3, -0.25) is 4.79 Å². The van der Waals surface area contributed by atoms with Crippen molar-refractivity contribution < 1.29 is 22.7 Å². The minimum Gasteiger partial charge on any atom is -0.452 e. The van der Waals surface area contributed by atoms with E-state index < -0.39 is 16.0 Å². The fourth-order valence-electron chi connectivity index (χ4n) is 3.27. The fourth-order valence-corrected chi connectivity index (χ4v) is 4.10. The quantitative estimate of drug-likeness (QED) is 0.722. The van der Waals surface area contributed by atoms with Crippen molar-refractivity contribution in [3.05, 3.63) is 34.9 Å². The minimum absolute atomic E-state index is 0.267. The van der Waals surface area contributed by atoms with Crippen molar-refractivity contribution in [2.45, 2.75) is 19.3 Å². The van der Waals surface area contributed by atoms with Crippen molar-refractivity contribution in [2.24, 2.45) is 0 Å². The molecule has 8 heteroatoms. The lowest BCUT2D eigenvalue weighted by Crippen LogP contribution is -2.51. The second-order valence-corrected chi connectivity index (χ2v) is 8.44. The molecule has 0 bridgehead atoms. The average Bonchev–Trinajstić information content (AvgIpc) is 3.06. The Balaban J connectivity index is 1.50. The minimum atomic E-state index is -3.23. The molecule has 1 heterocycles. The summed E-state index contributed by atoms with van der Waals surface area (Å²) < 4.78 is 29.4. The van der Waals surface area contributed by atoms with Crippen LogP contribution in [0, 0.1) is 0 Å². The summed E-state index contributed by atoms with van der Waals surface area (Å²) in [7, 11) is -3.23. The Bertz CT molecular complexity index is 782. The molecule has 1 aromatic rings. The van der Waals surface area contributed by atoms with Crippen molar-refractivity contribution in [1.82, 2.24) is 9.21 Å². The molecular formula is C17H22N2O5S. The molecule has 136 valence electrons. The Labute approximate surface area is 147 Å². The predicted octanol–water partition coefficient (Wildman–Crippen LogP) is 0.436. The molecule has 1 saturated heterocycles. The van der Waals surface area contributed by atoms with Gasteiger partial charge in [0.15, 0.2) is 6.61 Å². The Morgan fingerprint density at radius 2 is 1.76 bits per heavy atom. The number of fused-ring (bicyclic) bond motifs is 1. The summed E-state index contributed by atoms with van der Waals surface area (Å²) in [4.78, 5) is 25.8. The Hall–Kier alpha value is -1.93. The number of ether oxygens (including phenoxy) is 1. The zero-order valence-electron chi connectivity index (χ0n) is 14.2. The zero-order chi connectivity index (χ0) is 18.0. The predicted molar refractivity (Wildman–Crippen MR) is 91.7 cm³/mol. The van der Waals surface area contributed by atoms with E-state index in [9.17, 15) is 18.0 Å². The molecule has 0 atom stereocenters. The van der Waals surface area contributed by atoms with Crippen LogP contribution in [0.5, 0.6) is 0 Å². The van der Waals surface area contributed by atoms with Crippen molar-refractivity contribution in [2.75, 3.05) is 39.0 Å². The Kier molecular flexibility index (Phi) is 5.10. The van der Waals surface area contributed by atoms with E-state index in [0.29, 0.717) is 18.7 Å². The second-order valence-electron chi connectivity index (χ2n) is 6.46. The summed E-state index contributed by atoms with van der Waals surface area (Å²) in [6.45, 7) is 0.825. The topological polar surface area (TPSA) is 84.0 Å². The van der Waals surface area contributed by atoms with Gasteiger partial charge >= 0.3 is 5.97 Å². The van der Waals surface area contributed by atoms with Gasteiger partial charge in [-0.2, -0.15) is 4.31 Å². The first-order valence-electron chi connectivity index (χ1n) is 8.36. The highest BCUT2D eigenvalue weighted by Crippen LogP contribution is 2.23. The van der Waals surface area contributed by atoms with E-state index in [4.69, 9.17) is 4.74 Å². The number of sulfonamides is 1. The van der Waals surface area contributed by atoms with E-state index in [1.807, 2.05) is 12.1 Å². The number of nitrogens with zero attached hydrogens (tertiary/aromatic N) is 2. The summed E-state index contributed by atoms with van der Waals surface area (Å²) in [6.07, 6.45) is 4.28. The number of amides is 1. The number of rotatable bonds is 4. The molecule has 1 amide bonds. The molecule has 0 spiro atoms. The van der Waals surface area contributed by atoms with Crippen LogP contribution in [0.3, 0.4) is 0 Å². The van der Waals surface area contributed by atoms with Gasteiger partial charge in [-0.25, -0.2) is 13.2 Å². The van der Waals surface area contributed by atoms with Crippen molar-refractivity contribution in [3.63, 3.8) is 0 Å². The lowest BCUT2D eigenvalue weighted by Gasteiger charge is -2.33. The molecule has 0 saturated carbocycles. The van der Waals surface area contributed by atoms with Crippen LogP contribution in [0.25, 0.3) is 0 Å². The van der Waals surface area contributed by atoms with Gasteiger partial charge in [-0.05, 0) is 42.5 Å². The lowest BCUT2D eigenvalue weighted by molar-refractivity contribution is -0.135. The number of carbonyl (C=O) groups is 2. The maximum Gasteiger partial charge on any atom is 0.338 e. The van der Waals surface area contributed by atoms with Crippen molar-refractivity contribution in [1.29, 1.82) is 0 Å². The first-order valence-corrected chi connectivity index (χ1v) is 10.2. The van der Waals surface area contributed by atoms with Gasteiger partial charge in [0.2, 0.25) is 10.0 Å². The molecule has 1 aliphatic carbocycles. The van der Waals surface area contributed by atoms with Gasteiger partial charge < -0.3 is 9.64 Å². The van der Waals surface area contributed by atoms with Crippen LogP contribution in [-0.2, 0) is 32.4 Å². The van der Waals surface area contributed by atoms with Crippen LogP contribution >= 0.6 is 0 Å². The third kappa shape index (κ3) is 4.19. The molecule has 0 radical (unpaired) electrons. The van der Waals surface area contributed by atoms with E-state index >= 15 is 0 Å². The third-order valence-corrected chi connectivity index (χ3v) is 6.02. The lowest BCUT2D eigenvalue weighted by atomic mass is 10.1. The summed E-state index contributed by atoms with van der Waals surface area (Å²) in [5.74, 6) is -0.805. The number of hydrogen-bond donors (Lipinski definition) is 0. The molecule has 0 aromatic heterocycles. The summed E-state index contributed by atoms with van der Waals surface area (Å²) >= 11 is 0. The fraction of sp³-hybridized carbons (Fsp3) is 0.529. The smallest absolute Gasteiger partial charge is 0.338 e. The molecule has 0 unspecified atom stereocenters. The van der Waals surface area contributed by atoms with Crippen LogP contribution in [0.15, 0.2) is 18.2 Å². The molecule has 25 heavy (non-hydrogen) atoms. The average molecular weight is 366 g/mol. The first kappa shape index (κ1) is 17.9. The van der Waals surface area contributed by atoms with Crippen molar-refractivity contribution in [3.8, 4) is 0 Å². The highest BCUT2D eigenvalue weighted by atomic mass is 32.2. The SMILES string of the molecule is CS(=O)(=O)N1CCN(C(=O)COC(=O)c2ccc3c(c2)CCC3)CC1. The summed E-state index contributed by atoms with van der Waals surface area (Å²) in [5, 5.41) is 0. The Morgan fingerprint density at radius 3 is 2.44 bits per heavy atom.